The second-order valence-electron chi connectivity index (χ2n) is 5.36. The largest absolute Gasteiger partial charge is 0.544 e. The SMILES string of the molecule is CCCCc1ccc(NC(=O)C[C@@H]([NH2+]CC[NH3+])C(=O)[O-])cc1. The second-order valence-corrected chi connectivity index (χ2v) is 5.36. The minimum absolute atomic E-state index is 0.111. The van der Waals surface area contributed by atoms with Crippen LogP contribution < -0.4 is 21.5 Å². The molecular weight excluding hydrogens is 282 g/mol. The highest BCUT2D eigenvalue weighted by molar-refractivity contribution is 5.93. The van der Waals surface area contributed by atoms with E-state index in [0.29, 0.717) is 18.8 Å². The Kier molecular flexibility index (Phi) is 8.17. The lowest BCUT2D eigenvalue weighted by atomic mass is 10.1. The van der Waals surface area contributed by atoms with E-state index in [9.17, 15) is 14.7 Å². The number of carbonyl (C=O) groups excluding carboxylic acids is 2. The van der Waals surface area contributed by atoms with Gasteiger partial charge in [0.25, 0.3) is 0 Å². The molecule has 122 valence electrons. The molecule has 1 aromatic rings. The number of nitrogens with two attached hydrogens (primary N) is 1. The minimum Gasteiger partial charge on any atom is -0.544 e. The molecule has 0 aromatic heterocycles. The number of anilines is 1. The maximum atomic E-state index is 11.9. The normalized spacial score (nSPS) is 11.9. The number of nitrogens with one attached hydrogen (secondary N) is 1. The van der Waals surface area contributed by atoms with Gasteiger partial charge in [0.05, 0.1) is 12.4 Å². The first kappa shape index (κ1) is 18.1. The fourth-order valence-corrected chi connectivity index (χ4v) is 2.13. The third-order valence-electron chi connectivity index (χ3n) is 3.42. The van der Waals surface area contributed by atoms with Crippen LogP contribution in [0.3, 0.4) is 0 Å². The molecule has 0 aliphatic carbocycles. The van der Waals surface area contributed by atoms with Crippen LogP contribution in [0.5, 0.6) is 0 Å². The van der Waals surface area contributed by atoms with Gasteiger partial charge in [-0.1, -0.05) is 25.5 Å². The van der Waals surface area contributed by atoms with Crippen LogP contribution in [0.1, 0.15) is 31.7 Å². The van der Waals surface area contributed by atoms with Gasteiger partial charge in [-0.15, -0.1) is 0 Å². The second kappa shape index (κ2) is 9.92. The summed E-state index contributed by atoms with van der Waals surface area (Å²) in [4.78, 5) is 22.9. The molecule has 0 saturated carbocycles. The predicted octanol–water partition coefficient (Wildman–Crippen LogP) is -1.72. The minimum atomic E-state index is -1.22. The Morgan fingerprint density at radius 3 is 2.55 bits per heavy atom. The molecule has 0 aliphatic heterocycles. The third-order valence-corrected chi connectivity index (χ3v) is 3.42. The van der Waals surface area contributed by atoms with Crippen LogP contribution >= 0.6 is 0 Å². The van der Waals surface area contributed by atoms with Crippen molar-refractivity contribution in [3.8, 4) is 0 Å². The van der Waals surface area contributed by atoms with Crippen LogP contribution in [-0.2, 0) is 16.0 Å². The van der Waals surface area contributed by atoms with Crippen LogP contribution in [0.15, 0.2) is 24.3 Å². The molecule has 0 spiro atoms. The average molecular weight is 308 g/mol. The van der Waals surface area contributed by atoms with E-state index < -0.39 is 12.0 Å². The fourth-order valence-electron chi connectivity index (χ4n) is 2.13. The molecule has 0 saturated heterocycles. The van der Waals surface area contributed by atoms with Crippen LogP contribution in [0.4, 0.5) is 5.69 Å². The molecule has 6 nitrogen and oxygen atoms in total. The summed E-state index contributed by atoms with van der Waals surface area (Å²) in [6.07, 6.45) is 3.20. The maximum absolute atomic E-state index is 11.9. The van der Waals surface area contributed by atoms with Crippen molar-refractivity contribution in [3.63, 3.8) is 0 Å². The average Bonchev–Trinajstić information content (AvgIpc) is 2.50. The highest BCUT2D eigenvalue weighted by atomic mass is 16.4. The smallest absolute Gasteiger partial charge is 0.230 e. The molecule has 1 aromatic carbocycles. The van der Waals surface area contributed by atoms with Crippen molar-refractivity contribution in [1.82, 2.24) is 0 Å². The topological polar surface area (TPSA) is 113 Å². The van der Waals surface area contributed by atoms with E-state index >= 15 is 0 Å². The molecule has 0 bridgehead atoms. The number of unbranched alkanes of at least 4 members (excludes halogenated alkanes) is 1. The zero-order chi connectivity index (χ0) is 16.4. The summed E-state index contributed by atoms with van der Waals surface area (Å²) in [7, 11) is 0. The van der Waals surface area contributed by atoms with Crippen molar-refractivity contribution in [2.24, 2.45) is 0 Å². The van der Waals surface area contributed by atoms with Gasteiger partial charge >= 0.3 is 0 Å². The Hall–Kier alpha value is -1.92. The summed E-state index contributed by atoms with van der Waals surface area (Å²) in [5.74, 6) is -1.55. The number of hydrogen-bond donors (Lipinski definition) is 3. The third kappa shape index (κ3) is 6.69. The number of aryl methyl sites for hydroxylation is 1. The molecule has 1 amide bonds. The van der Waals surface area contributed by atoms with Gasteiger partial charge in [0.15, 0.2) is 0 Å². The first-order chi connectivity index (χ1) is 10.6. The van der Waals surface area contributed by atoms with E-state index in [1.807, 2.05) is 24.3 Å². The molecule has 1 atom stereocenters. The Morgan fingerprint density at radius 1 is 1.32 bits per heavy atom. The summed E-state index contributed by atoms with van der Waals surface area (Å²) >= 11 is 0. The zero-order valence-corrected chi connectivity index (χ0v) is 13.1. The van der Waals surface area contributed by atoms with Gasteiger partial charge in [-0.3, -0.25) is 4.79 Å². The maximum Gasteiger partial charge on any atom is 0.230 e. The number of benzene rings is 1. The number of hydrogen-bond acceptors (Lipinski definition) is 3. The van der Waals surface area contributed by atoms with Gasteiger partial charge in [-0.2, -0.15) is 0 Å². The molecule has 6 N–H and O–H groups in total. The summed E-state index contributed by atoms with van der Waals surface area (Å²) in [5, 5.41) is 15.3. The van der Waals surface area contributed by atoms with E-state index in [-0.39, 0.29) is 12.3 Å². The molecule has 0 unspecified atom stereocenters. The summed E-state index contributed by atoms with van der Waals surface area (Å²) < 4.78 is 0. The lowest BCUT2D eigenvalue weighted by Crippen LogP contribution is -2.95. The lowest BCUT2D eigenvalue weighted by Gasteiger charge is -2.15. The Labute approximate surface area is 131 Å². The van der Waals surface area contributed by atoms with E-state index in [1.54, 1.807) is 5.32 Å². The van der Waals surface area contributed by atoms with Gasteiger partial charge in [0.1, 0.15) is 19.1 Å². The summed E-state index contributed by atoms with van der Waals surface area (Å²) in [6.45, 7) is 3.30. The first-order valence-electron chi connectivity index (χ1n) is 7.79. The molecule has 0 fully saturated rings. The zero-order valence-electron chi connectivity index (χ0n) is 13.1. The summed E-state index contributed by atoms with van der Waals surface area (Å²) in [6, 6.07) is 6.78. The summed E-state index contributed by atoms with van der Waals surface area (Å²) in [5.41, 5.74) is 5.56. The van der Waals surface area contributed by atoms with Gasteiger partial charge in [-0.05, 0) is 30.5 Å². The first-order valence-corrected chi connectivity index (χ1v) is 7.79. The predicted molar refractivity (Wildman–Crippen MR) is 81.6 cm³/mol. The van der Waals surface area contributed by atoms with Gasteiger partial charge in [0.2, 0.25) is 5.91 Å². The molecular formula is C16H26N3O3+. The van der Waals surface area contributed by atoms with Crippen molar-refractivity contribution < 1.29 is 25.7 Å². The molecule has 6 heteroatoms. The number of amides is 1. The van der Waals surface area contributed by atoms with E-state index in [0.717, 1.165) is 19.3 Å². The number of carbonyl (C=O) groups is 2. The van der Waals surface area contributed by atoms with Crippen molar-refractivity contribution in [1.29, 1.82) is 0 Å². The quantitative estimate of drug-likeness (QED) is 0.478. The van der Waals surface area contributed by atoms with Crippen molar-refractivity contribution in [3.05, 3.63) is 29.8 Å². The van der Waals surface area contributed by atoms with E-state index in [2.05, 4.69) is 18.0 Å². The van der Waals surface area contributed by atoms with Crippen LogP contribution in [-0.4, -0.2) is 31.0 Å². The molecule has 0 radical (unpaired) electrons. The number of carboxylic acid groups (broad SMARTS) is 1. The Balaban J connectivity index is 2.50. The van der Waals surface area contributed by atoms with E-state index in [4.69, 9.17) is 0 Å². The molecule has 1 rings (SSSR count). The van der Waals surface area contributed by atoms with Gasteiger partial charge in [-0.25, -0.2) is 0 Å². The highest BCUT2D eigenvalue weighted by Gasteiger charge is 2.18. The number of quaternary nitrogens is 2. The Morgan fingerprint density at radius 2 is 2.00 bits per heavy atom. The van der Waals surface area contributed by atoms with Crippen molar-refractivity contribution >= 4 is 17.6 Å². The van der Waals surface area contributed by atoms with Crippen LogP contribution in [0.25, 0.3) is 0 Å². The molecule has 0 heterocycles. The highest BCUT2D eigenvalue weighted by Crippen LogP contribution is 2.12. The lowest BCUT2D eigenvalue weighted by molar-refractivity contribution is -0.695. The number of carboxylic acids is 1. The van der Waals surface area contributed by atoms with Gasteiger partial charge < -0.3 is 26.3 Å². The number of aliphatic carboxylic acids is 1. The van der Waals surface area contributed by atoms with E-state index in [1.165, 1.54) is 5.56 Å². The molecule has 22 heavy (non-hydrogen) atoms. The monoisotopic (exact) mass is 308 g/mol. The fraction of sp³-hybridized carbons (Fsp3) is 0.500. The van der Waals surface area contributed by atoms with Crippen molar-refractivity contribution in [2.75, 3.05) is 18.4 Å². The van der Waals surface area contributed by atoms with Crippen LogP contribution in [0.2, 0.25) is 0 Å². The molecule has 0 aliphatic rings. The van der Waals surface area contributed by atoms with Crippen LogP contribution in [0, 0.1) is 0 Å². The standard InChI is InChI=1S/C16H25N3O3/c1-2-3-4-12-5-7-13(8-6-12)19-15(20)11-14(16(21)22)18-10-9-17/h5-8,14,18H,2-4,9-11,17H2,1H3,(H,19,20)(H,21,22)/p+1/t14-/m1/s1. The Bertz CT molecular complexity index is 474. The van der Waals surface area contributed by atoms with Crippen molar-refractivity contribution in [2.45, 2.75) is 38.6 Å². The number of rotatable bonds is 10. The van der Waals surface area contributed by atoms with Gasteiger partial charge in [0, 0.05) is 5.69 Å².